The number of hydrogen-bond acceptors (Lipinski definition) is 4. The number of amides is 1. The Bertz CT molecular complexity index is 517. The molecule has 0 bridgehead atoms. The topological polar surface area (TPSA) is 68.2 Å². The van der Waals surface area contributed by atoms with E-state index in [1.165, 1.54) is 12.8 Å². The van der Waals surface area contributed by atoms with E-state index in [1.807, 2.05) is 6.07 Å². The maximum Gasteiger partial charge on any atom is 0.238 e. The molecule has 21 heavy (non-hydrogen) atoms. The smallest absolute Gasteiger partial charge is 0.238 e. The first-order valence-corrected chi connectivity index (χ1v) is 7.47. The van der Waals surface area contributed by atoms with Crippen LogP contribution in [0.1, 0.15) is 25.3 Å². The highest BCUT2D eigenvalue weighted by Gasteiger charge is 2.18. The summed E-state index contributed by atoms with van der Waals surface area (Å²) >= 11 is 0. The zero-order valence-electron chi connectivity index (χ0n) is 12.4. The first kappa shape index (κ1) is 15.5. The number of anilines is 1. The SMILES string of the molecule is CCN(CC(=O)Nc1ccccc1C#N)CC1CCCN1. The van der Waals surface area contributed by atoms with E-state index in [2.05, 4.69) is 28.5 Å². The largest absolute Gasteiger partial charge is 0.324 e. The summed E-state index contributed by atoms with van der Waals surface area (Å²) in [7, 11) is 0. The summed E-state index contributed by atoms with van der Waals surface area (Å²) in [5, 5.41) is 15.3. The van der Waals surface area contributed by atoms with Crippen LogP contribution in [0.25, 0.3) is 0 Å². The first-order chi connectivity index (χ1) is 10.2. The molecular weight excluding hydrogens is 264 g/mol. The van der Waals surface area contributed by atoms with Crippen LogP contribution in [0.15, 0.2) is 24.3 Å². The van der Waals surface area contributed by atoms with E-state index in [0.29, 0.717) is 23.8 Å². The molecule has 1 aromatic carbocycles. The lowest BCUT2D eigenvalue weighted by Gasteiger charge is -2.23. The number of hydrogen-bond donors (Lipinski definition) is 2. The fraction of sp³-hybridized carbons (Fsp3) is 0.500. The summed E-state index contributed by atoms with van der Waals surface area (Å²) in [6.07, 6.45) is 2.39. The van der Waals surface area contributed by atoms with Gasteiger partial charge in [0.1, 0.15) is 6.07 Å². The molecule has 1 fully saturated rings. The minimum atomic E-state index is -0.0717. The van der Waals surface area contributed by atoms with Crippen LogP contribution in [0.5, 0.6) is 0 Å². The number of nitrogens with one attached hydrogen (secondary N) is 2. The molecule has 1 aliphatic rings. The molecule has 5 heteroatoms. The van der Waals surface area contributed by atoms with Gasteiger partial charge in [-0.3, -0.25) is 9.69 Å². The van der Waals surface area contributed by atoms with Crippen molar-refractivity contribution in [3.8, 4) is 6.07 Å². The van der Waals surface area contributed by atoms with Gasteiger partial charge in [0.05, 0.1) is 17.8 Å². The van der Waals surface area contributed by atoms with E-state index < -0.39 is 0 Å². The Labute approximate surface area is 125 Å². The monoisotopic (exact) mass is 286 g/mol. The quantitative estimate of drug-likeness (QED) is 0.833. The Morgan fingerprint density at radius 2 is 2.33 bits per heavy atom. The van der Waals surface area contributed by atoms with Crippen LogP contribution in [-0.2, 0) is 4.79 Å². The molecule has 0 aromatic heterocycles. The molecule has 0 spiro atoms. The zero-order chi connectivity index (χ0) is 15.1. The normalized spacial score (nSPS) is 17.7. The third kappa shape index (κ3) is 4.55. The fourth-order valence-electron chi connectivity index (χ4n) is 2.61. The van der Waals surface area contributed by atoms with E-state index >= 15 is 0 Å². The van der Waals surface area contributed by atoms with Crippen molar-refractivity contribution in [3.63, 3.8) is 0 Å². The lowest BCUT2D eigenvalue weighted by atomic mass is 10.2. The Kier molecular flexibility index (Phi) is 5.73. The fourth-order valence-corrected chi connectivity index (χ4v) is 2.61. The van der Waals surface area contributed by atoms with Crippen LogP contribution in [-0.4, -0.2) is 43.0 Å². The molecule has 1 saturated heterocycles. The van der Waals surface area contributed by atoms with Crippen LogP contribution in [0.4, 0.5) is 5.69 Å². The molecule has 1 heterocycles. The summed E-state index contributed by atoms with van der Waals surface area (Å²) in [5.74, 6) is -0.0717. The van der Waals surface area contributed by atoms with Gasteiger partial charge in [0, 0.05) is 12.6 Å². The maximum absolute atomic E-state index is 12.1. The third-order valence-corrected chi connectivity index (χ3v) is 3.78. The number of para-hydroxylation sites is 1. The molecular formula is C16H22N4O. The van der Waals surface area contributed by atoms with Crippen molar-refractivity contribution in [1.82, 2.24) is 10.2 Å². The van der Waals surface area contributed by atoms with Crippen LogP contribution < -0.4 is 10.6 Å². The van der Waals surface area contributed by atoms with Gasteiger partial charge in [-0.1, -0.05) is 19.1 Å². The van der Waals surface area contributed by atoms with Gasteiger partial charge in [0.25, 0.3) is 0 Å². The Balaban J connectivity index is 1.88. The van der Waals surface area contributed by atoms with Gasteiger partial charge < -0.3 is 10.6 Å². The predicted molar refractivity (Wildman–Crippen MR) is 82.9 cm³/mol. The second-order valence-corrected chi connectivity index (χ2v) is 5.33. The second kappa shape index (κ2) is 7.77. The van der Waals surface area contributed by atoms with Crippen molar-refractivity contribution in [2.24, 2.45) is 0 Å². The van der Waals surface area contributed by atoms with Crippen molar-refractivity contribution in [1.29, 1.82) is 5.26 Å². The van der Waals surface area contributed by atoms with Gasteiger partial charge in [-0.25, -0.2) is 0 Å². The highest BCUT2D eigenvalue weighted by molar-refractivity contribution is 5.93. The molecule has 1 aliphatic heterocycles. The number of likely N-dealkylation sites (N-methyl/N-ethyl adjacent to an activating group) is 1. The number of nitrogens with zero attached hydrogens (tertiary/aromatic N) is 2. The average Bonchev–Trinajstić information content (AvgIpc) is 3.00. The van der Waals surface area contributed by atoms with Crippen molar-refractivity contribution < 1.29 is 4.79 Å². The number of benzene rings is 1. The molecule has 0 aliphatic carbocycles. The standard InChI is InChI=1S/C16H22N4O/c1-2-20(11-14-7-5-9-18-14)12-16(21)19-15-8-4-3-6-13(15)10-17/h3-4,6,8,14,18H,2,5,7,9,11-12H2,1H3,(H,19,21). The summed E-state index contributed by atoms with van der Waals surface area (Å²) in [4.78, 5) is 14.3. The van der Waals surface area contributed by atoms with Gasteiger partial charge in [0.2, 0.25) is 5.91 Å². The minimum Gasteiger partial charge on any atom is -0.324 e. The predicted octanol–water partition coefficient (Wildman–Crippen LogP) is 1.57. The Morgan fingerprint density at radius 3 is 3.00 bits per heavy atom. The van der Waals surface area contributed by atoms with Gasteiger partial charge in [0.15, 0.2) is 0 Å². The average molecular weight is 286 g/mol. The van der Waals surface area contributed by atoms with E-state index in [1.54, 1.807) is 18.2 Å². The van der Waals surface area contributed by atoms with Crippen molar-refractivity contribution in [2.75, 3.05) is 31.5 Å². The number of carbonyl (C=O) groups excluding carboxylic acids is 1. The molecule has 1 atom stereocenters. The number of nitriles is 1. The summed E-state index contributed by atoms with van der Waals surface area (Å²) < 4.78 is 0. The molecule has 0 saturated carbocycles. The minimum absolute atomic E-state index is 0.0717. The Hall–Kier alpha value is -1.90. The van der Waals surface area contributed by atoms with Crippen molar-refractivity contribution >= 4 is 11.6 Å². The summed E-state index contributed by atoms with van der Waals surface area (Å²) in [5.41, 5.74) is 1.08. The van der Waals surface area contributed by atoms with Crippen LogP contribution >= 0.6 is 0 Å². The van der Waals surface area contributed by atoms with Gasteiger partial charge in [-0.15, -0.1) is 0 Å². The van der Waals surface area contributed by atoms with Gasteiger partial charge >= 0.3 is 0 Å². The summed E-state index contributed by atoms with van der Waals surface area (Å²) in [6, 6.07) is 9.64. The molecule has 1 unspecified atom stereocenters. The lowest BCUT2D eigenvalue weighted by Crippen LogP contribution is -2.41. The van der Waals surface area contributed by atoms with E-state index in [-0.39, 0.29) is 5.91 Å². The zero-order valence-corrected chi connectivity index (χ0v) is 12.4. The van der Waals surface area contributed by atoms with Crippen LogP contribution in [0.3, 0.4) is 0 Å². The second-order valence-electron chi connectivity index (χ2n) is 5.33. The molecule has 2 N–H and O–H groups in total. The lowest BCUT2D eigenvalue weighted by molar-refractivity contribution is -0.117. The molecule has 1 aromatic rings. The third-order valence-electron chi connectivity index (χ3n) is 3.78. The van der Waals surface area contributed by atoms with E-state index in [0.717, 1.165) is 19.6 Å². The Morgan fingerprint density at radius 1 is 1.52 bits per heavy atom. The van der Waals surface area contributed by atoms with Gasteiger partial charge in [-0.2, -0.15) is 5.26 Å². The number of carbonyl (C=O) groups is 1. The van der Waals surface area contributed by atoms with Gasteiger partial charge in [-0.05, 0) is 38.1 Å². The van der Waals surface area contributed by atoms with Crippen molar-refractivity contribution in [3.05, 3.63) is 29.8 Å². The summed E-state index contributed by atoms with van der Waals surface area (Å²) in [6.45, 7) is 5.22. The van der Waals surface area contributed by atoms with Crippen molar-refractivity contribution in [2.45, 2.75) is 25.8 Å². The first-order valence-electron chi connectivity index (χ1n) is 7.47. The molecule has 112 valence electrons. The molecule has 0 radical (unpaired) electrons. The van der Waals surface area contributed by atoms with Crippen LogP contribution in [0.2, 0.25) is 0 Å². The highest BCUT2D eigenvalue weighted by atomic mass is 16.2. The molecule has 5 nitrogen and oxygen atoms in total. The molecule has 2 rings (SSSR count). The number of rotatable bonds is 6. The van der Waals surface area contributed by atoms with E-state index in [9.17, 15) is 4.79 Å². The molecule has 1 amide bonds. The highest BCUT2D eigenvalue weighted by Crippen LogP contribution is 2.13. The van der Waals surface area contributed by atoms with Crippen LogP contribution in [0, 0.1) is 11.3 Å². The maximum atomic E-state index is 12.1. The van der Waals surface area contributed by atoms with E-state index in [4.69, 9.17) is 5.26 Å².